The van der Waals surface area contributed by atoms with Crippen molar-refractivity contribution in [3.8, 4) is 11.5 Å². The molecule has 6 nitrogen and oxygen atoms in total. The van der Waals surface area contributed by atoms with E-state index in [1.165, 1.54) is 18.2 Å². The molecule has 3 aromatic rings. The number of anilines is 1. The Kier molecular flexibility index (Phi) is 6.43. The largest absolute Gasteiger partial charge is 0.415 e. The van der Waals surface area contributed by atoms with Gasteiger partial charge in [-0.25, -0.2) is 22.4 Å². The normalized spacial score (nSPS) is 15.2. The van der Waals surface area contributed by atoms with Crippen molar-refractivity contribution in [1.29, 1.82) is 0 Å². The highest BCUT2D eigenvalue weighted by Crippen LogP contribution is 2.31. The molecule has 1 aliphatic rings. The summed E-state index contributed by atoms with van der Waals surface area (Å²) < 4.78 is 86.0. The molecule has 0 radical (unpaired) electrons. The Balaban J connectivity index is 1.64. The van der Waals surface area contributed by atoms with Gasteiger partial charge in [0.2, 0.25) is 5.89 Å². The van der Waals surface area contributed by atoms with Gasteiger partial charge in [-0.05, 0) is 30.3 Å². The number of urea groups is 1. The topological polar surface area (TPSA) is 62.5 Å². The van der Waals surface area contributed by atoms with Crippen molar-refractivity contribution in [1.82, 2.24) is 15.1 Å². The summed E-state index contributed by atoms with van der Waals surface area (Å²) in [5.74, 6) is -5.93. The van der Waals surface area contributed by atoms with Crippen LogP contribution in [-0.4, -0.2) is 40.1 Å². The molecule has 180 valence electrons. The highest BCUT2D eigenvalue weighted by atomic mass is 35.5. The van der Waals surface area contributed by atoms with Crippen molar-refractivity contribution in [2.24, 2.45) is 0 Å². The van der Waals surface area contributed by atoms with Gasteiger partial charge < -0.3 is 9.32 Å². The monoisotopic (exact) mass is 504 g/mol. The molecule has 1 fully saturated rings. The molecule has 2 aromatic carbocycles. The third-order valence-corrected chi connectivity index (χ3v) is 5.43. The number of aromatic nitrogens is 2. The zero-order chi connectivity index (χ0) is 24.6. The van der Waals surface area contributed by atoms with E-state index in [9.17, 15) is 31.1 Å². The first kappa shape index (κ1) is 23.9. The number of alkyl halides is 4. The molecule has 1 saturated heterocycles. The number of carbonyl (C=O) groups is 1. The first-order valence-electron chi connectivity index (χ1n) is 9.84. The maximum atomic E-state index is 14.9. The van der Waals surface area contributed by atoms with E-state index in [4.69, 9.17) is 16.0 Å². The third kappa shape index (κ3) is 4.96. The van der Waals surface area contributed by atoms with Crippen LogP contribution >= 0.6 is 11.6 Å². The lowest BCUT2D eigenvalue weighted by atomic mass is 10.1. The summed E-state index contributed by atoms with van der Waals surface area (Å²) in [6.45, 7) is -1.45. The lowest BCUT2D eigenvalue weighted by molar-refractivity contribution is 0.0156. The van der Waals surface area contributed by atoms with Gasteiger partial charge in [0.05, 0.1) is 18.1 Å². The first-order valence-corrected chi connectivity index (χ1v) is 10.2. The van der Waals surface area contributed by atoms with E-state index in [1.54, 1.807) is 0 Å². The average molecular weight is 505 g/mol. The summed E-state index contributed by atoms with van der Waals surface area (Å²) in [4.78, 5) is 15.0. The van der Waals surface area contributed by atoms with E-state index in [0.29, 0.717) is 0 Å². The van der Waals surface area contributed by atoms with Gasteiger partial charge >= 0.3 is 12.5 Å². The molecule has 2 amide bonds. The fourth-order valence-electron chi connectivity index (χ4n) is 3.41. The third-order valence-electron chi connectivity index (χ3n) is 5.14. The van der Waals surface area contributed by atoms with E-state index in [1.807, 2.05) is 0 Å². The van der Waals surface area contributed by atoms with Crippen molar-refractivity contribution in [2.45, 2.75) is 25.3 Å². The van der Waals surface area contributed by atoms with Crippen LogP contribution in [0.25, 0.3) is 11.5 Å². The summed E-state index contributed by atoms with van der Waals surface area (Å²) in [6, 6.07) is 5.99. The molecule has 0 atom stereocenters. The summed E-state index contributed by atoms with van der Waals surface area (Å²) in [6.07, 6.45) is -3.52. The maximum Gasteiger partial charge on any atom is 0.325 e. The Bertz CT molecular complexity index is 1220. The molecule has 34 heavy (non-hydrogen) atoms. The lowest BCUT2D eigenvalue weighted by Crippen LogP contribution is -2.43. The van der Waals surface area contributed by atoms with E-state index < -0.39 is 55.4 Å². The van der Waals surface area contributed by atoms with Crippen LogP contribution in [0, 0.1) is 11.6 Å². The second-order valence-electron chi connectivity index (χ2n) is 7.55. The zero-order valence-electron chi connectivity index (χ0n) is 17.1. The number of nitrogens with zero attached hydrogens (tertiary/aromatic N) is 4. The molecule has 13 heteroatoms. The number of halogens is 7. The standard InChI is InChI=1S/C21H15ClF6N4O2/c22-14-8-13(3-4-15(14)23)32(20(33)31-6-5-21(27,28)10-31)9-12-2-1-11(7-16(12)24)18-29-30-19(34-18)17(25)26/h1-4,7-8,17H,5-6,9-10H2. The van der Waals surface area contributed by atoms with Crippen molar-refractivity contribution < 1.29 is 35.6 Å². The first-order chi connectivity index (χ1) is 16.0. The molecule has 0 saturated carbocycles. The van der Waals surface area contributed by atoms with Crippen LogP contribution in [0.4, 0.5) is 36.8 Å². The summed E-state index contributed by atoms with van der Waals surface area (Å²) in [7, 11) is 0. The Labute approximate surface area is 193 Å². The maximum absolute atomic E-state index is 14.9. The molecular weight excluding hydrogens is 490 g/mol. The average Bonchev–Trinajstić information content (AvgIpc) is 3.41. The van der Waals surface area contributed by atoms with Crippen LogP contribution < -0.4 is 4.90 Å². The smallest absolute Gasteiger partial charge is 0.325 e. The highest BCUT2D eigenvalue weighted by molar-refractivity contribution is 6.31. The van der Waals surface area contributed by atoms with Gasteiger partial charge in [-0.3, -0.25) is 4.90 Å². The minimum Gasteiger partial charge on any atom is -0.415 e. The molecule has 4 rings (SSSR count). The van der Waals surface area contributed by atoms with Crippen molar-refractivity contribution in [3.63, 3.8) is 0 Å². The molecule has 0 N–H and O–H groups in total. The van der Waals surface area contributed by atoms with E-state index >= 15 is 0 Å². The number of rotatable bonds is 5. The minimum absolute atomic E-state index is 0.0162. The van der Waals surface area contributed by atoms with Gasteiger partial charge in [0.15, 0.2) is 0 Å². The fraction of sp³-hybridized carbons (Fsp3) is 0.286. The molecule has 0 bridgehead atoms. The summed E-state index contributed by atoms with van der Waals surface area (Å²) in [5, 5.41) is 6.30. The second-order valence-corrected chi connectivity index (χ2v) is 7.95. The molecule has 0 spiro atoms. The molecular formula is C21H15ClF6N4O2. The van der Waals surface area contributed by atoms with Gasteiger partial charge in [0.25, 0.3) is 11.8 Å². The van der Waals surface area contributed by atoms with Crippen molar-refractivity contribution in [3.05, 3.63) is 64.5 Å². The van der Waals surface area contributed by atoms with Crippen LogP contribution in [0.1, 0.15) is 24.3 Å². The predicted octanol–water partition coefficient (Wildman–Crippen LogP) is 6.07. The Hall–Kier alpha value is -3.28. The van der Waals surface area contributed by atoms with Crippen LogP contribution in [0.15, 0.2) is 40.8 Å². The number of amides is 2. The van der Waals surface area contributed by atoms with Crippen molar-refractivity contribution >= 4 is 23.3 Å². The Morgan fingerprint density at radius 3 is 2.50 bits per heavy atom. The zero-order valence-corrected chi connectivity index (χ0v) is 17.9. The van der Waals surface area contributed by atoms with Crippen LogP contribution in [0.2, 0.25) is 5.02 Å². The Morgan fingerprint density at radius 1 is 1.15 bits per heavy atom. The fourth-order valence-corrected chi connectivity index (χ4v) is 3.59. The van der Waals surface area contributed by atoms with Gasteiger partial charge in [0.1, 0.15) is 11.6 Å². The van der Waals surface area contributed by atoms with Crippen LogP contribution in [0.5, 0.6) is 0 Å². The molecule has 1 aromatic heterocycles. The van der Waals surface area contributed by atoms with Gasteiger partial charge in [0, 0.05) is 29.8 Å². The van der Waals surface area contributed by atoms with Gasteiger partial charge in [-0.15, -0.1) is 10.2 Å². The van der Waals surface area contributed by atoms with E-state index in [0.717, 1.165) is 28.0 Å². The Morgan fingerprint density at radius 2 is 1.91 bits per heavy atom. The lowest BCUT2D eigenvalue weighted by Gasteiger charge is -2.28. The molecule has 0 unspecified atom stereocenters. The van der Waals surface area contributed by atoms with E-state index in [-0.39, 0.29) is 34.3 Å². The number of likely N-dealkylation sites (tertiary alicyclic amines) is 1. The van der Waals surface area contributed by atoms with E-state index in [2.05, 4.69) is 10.2 Å². The number of hydrogen-bond acceptors (Lipinski definition) is 4. The highest BCUT2D eigenvalue weighted by Gasteiger charge is 2.42. The van der Waals surface area contributed by atoms with Crippen LogP contribution in [-0.2, 0) is 6.54 Å². The summed E-state index contributed by atoms with van der Waals surface area (Å²) in [5.41, 5.74) is 0.0354. The number of carbonyl (C=O) groups excluding carboxylic acids is 1. The quantitative estimate of drug-likeness (QED) is 0.395. The molecule has 2 heterocycles. The minimum atomic E-state index is -3.06. The predicted molar refractivity (Wildman–Crippen MR) is 109 cm³/mol. The SMILES string of the molecule is O=C(N1CCC(F)(F)C1)N(Cc1ccc(-c2nnc(C(F)F)o2)cc1F)c1ccc(F)c(Cl)c1. The molecule has 1 aliphatic heterocycles. The number of benzene rings is 2. The molecule has 0 aliphatic carbocycles. The summed E-state index contributed by atoms with van der Waals surface area (Å²) >= 11 is 5.82. The van der Waals surface area contributed by atoms with Gasteiger partial charge in [-0.2, -0.15) is 8.78 Å². The van der Waals surface area contributed by atoms with Crippen molar-refractivity contribution in [2.75, 3.05) is 18.0 Å². The van der Waals surface area contributed by atoms with Gasteiger partial charge in [-0.1, -0.05) is 17.7 Å². The second kappa shape index (κ2) is 9.16. The number of hydrogen-bond donors (Lipinski definition) is 0. The van der Waals surface area contributed by atoms with Crippen LogP contribution in [0.3, 0.4) is 0 Å².